The van der Waals surface area contributed by atoms with Crippen LogP contribution in [0.5, 0.6) is 0 Å². The predicted molar refractivity (Wildman–Crippen MR) is 57.0 cm³/mol. The van der Waals surface area contributed by atoms with Crippen molar-refractivity contribution in [3.05, 3.63) is 12.3 Å². The number of aliphatic hydroxyl groups excluding tert-OH is 3. The van der Waals surface area contributed by atoms with Gasteiger partial charge in [-0.05, 0) is 6.08 Å². The Hall–Kier alpha value is -1.02. The number of nitrogens with zero attached hydrogens (tertiary/aromatic N) is 2. The van der Waals surface area contributed by atoms with Crippen LogP contribution >= 0.6 is 0 Å². The number of rotatable bonds is 2. The Morgan fingerprint density at radius 2 is 2.18 bits per heavy atom. The van der Waals surface area contributed by atoms with E-state index in [9.17, 15) is 14.6 Å². The highest BCUT2D eigenvalue weighted by Crippen LogP contribution is 2.25. The van der Waals surface area contributed by atoms with Crippen molar-refractivity contribution in [1.82, 2.24) is 4.90 Å². The fraction of sp³-hybridized carbons (Fsp3) is 0.700. The first-order valence-corrected chi connectivity index (χ1v) is 5.35. The molecule has 7 heteroatoms. The van der Waals surface area contributed by atoms with E-state index in [1.807, 2.05) is 0 Å². The third kappa shape index (κ3) is 2.32. The van der Waals surface area contributed by atoms with Gasteiger partial charge in [0.1, 0.15) is 18.3 Å². The average Bonchev–Trinajstić information content (AvgIpc) is 2.37. The van der Waals surface area contributed by atoms with Gasteiger partial charge < -0.3 is 25.0 Å². The topological polar surface area (TPSA) is 85.5 Å². The molecule has 0 aliphatic carbocycles. The number of aliphatic hydroxyl groups is 3. The smallest absolute Gasteiger partial charge is 0.160 e. The van der Waals surface area contributed by atoms with Crippen molar-refractivity contribution in [2.45, 2.75) is 30.7 Å². The minimum Gasteiger partial charge on any atom is -0.394 e. The molecule has 17 heavy (non-hydrogen) atoms. The van der Waals surface area contributed by atoms with Crippen LogP contribution in [0, 0.1) is 0 Å². The number of aliphatic imine (C=N–C) groups is 1. The van der Waals surface area contributed by atoms with E-state index < -0.39 is 37.3 Å². The molecule has 2 aliphatic rings. The van der Waals surface area contributed by atoms with E-state index in [1.165, 1.54) is 11.2 Å². The molecule has 1 fully saturated rings. The van der Waals surface area contributed by atoms with Crippen LogP contribution in [0.15, 0.2) is 17.3 Å². The van der Waals surface area contributed by atoms with Crippen molar-refractivity contribution < 1.29 is 24.4 Å². The minimum absolute atomic E-state index is 0.423. The van der Waals surface area contributed by atoms with Crippen molar-refractivity contribution in [2.75, 3.05) is 13.2 Å². The van der Waals surface area contributed by atoms with Crippen molar-refractivity contribution in [3.8, 4) is 0 Å². The summed E-state index contributed by atoms with van der Waals surface area (Å²) in [5.74, 6) is 0. The molecular weight excluding hydrogens is 231 g/mol. The van der Waals surface area contributed by atoms with Gasteiger partial charge in [-0.3, -0.25) is 0 Å². The minimum atomic E-state index is -1.86. The van der Waals surface area contributed by atoms with Crippen LogP contribution in [0.2, 0.25) is 0 Å². The van der Waals surface area contributed by atoms with Crippen LogP contribution < -0.4 is 0 Å². The first kappa shape index (κ1) is 12.4. The van der Waals surface area contributed by atoms with Crippen LogP contribution in [0.1, 0.15) is 0 Å². The second-order valence-electron chi connectivity index (χ2n) is 4.02. The second kappa shape index (κ2) is 5.09. The van der Waals surface area contributed by atoms with E-state index in [-0.39, 0.29) is 0 Å². The Bertz CT molecular complexity index is 323. The number of alkyl halides is 1. The molecule has 2 rings (SSSR count). The van der Waals surface area contributed by atoms with Crippen molar-refractivity contribution in [3.63, 3.8) is 0 Å². The Morgan fingerprint density at radius 3 is 2.76 bits per heavy atom. The van der Waals surface area contributed by atoms with E-state index in [0.717, 1.165) is 0 Å². The lowest BCUT2D eigenvalue weighted by molar-refractivity contribution is -0.239. The Balaban J connectivity index is 2.11. The van der Waals surface area contributed by atoms with E-state index in [4.69, 9.17) is 9.84 Å². The summed E-state index contributed by atoms with van der Waals surface area (Å²) in [6.07, 6.45) is -2.14. The summed E-state index contributed by atoms with van der Waals surface area (Å²) in [6.45, 7) is -0.0855. The molecule has 0 saturated carbocycles. The molecule has 2 aliphatic heterocycles. The molecule has 0 aromatic carbocycles. The van der Waals surface area contributed by atoms with Gasteiger partial charge in [0.05, 0.1) is 12.9 Å². The predicted octanol–water partition coefficient (Wildman–Crippen LogP) is -1.38. The van der Waals surface area contributed by atoms with E-state index >= 15 is 0 Å². The molecule has 0 bridgehead atoms. The highest BCUT2D eigenvalue weighted by molar-refractivity contribution is 5.58. The Kier molecular flexibility index (Phi) is 3.72. The second-order valence-corrected chi connectivity index (χ2v) is 4.02. The zero-order chi connectivity index (χ0) is 12.4. The molecule has 0 aromatic rings. The van der Waals surface area contributed by atoms with Crippen LogP contribution in [0.25, 0.3) is 0 Å². The zero-order valence-corrected chi connectivity index (χ0v) is 9.06. The molecular formula is C10H15FN2O4. The van der Waals surface area contributed by atoms with Crippen molar-refractivity contribution in [2.24, 2.45) is 4.99 Å². The fourth-order valence-corrected chi connectivity index (χ4v) is 1.90. The molecule has 5 atom stereocenters. The number of hydrogen-bond donors (Lipinski definition) is 3. The summed E-state index contributed by atoms with van der Waals surface area (Å²) in [5.41, 5.74) is 0. The molecule has 0 unspecified atom stereocenters. The normalized spacial score (nSPS) is 41.9. The maximum atomic E-state index is 13.6. The fourth-order valence-electron chi connectivity index (χ4n) is 1.90. The SMILES string of the molecule is OC[C@H]1O[C@@H](N2C=NC=CC2)[C@H](O)[C@@H](F)[C@@H]1O. The monoisotopic (exact) mass is 246 g/mol. The van der Waals surface area contributed by atoms with Crippen LogP contribution in [-0.2, 0) is 4.74 Å². The van der Waals surface area contributed by atoms with Gasteiger partial charge >= 0.3 is 0 Å². The molecule has 0 spiro atoms. The summed E-state index contributed by atoms with van der Waals surface area (Å²) >= 11 is 0. The van der Waals surface area contributed by atoms with Crippen molar-refractivity contribution in [1.29, 1.82) is 0 Å². The zero-order valence-electron chi connectivity index (χ0n) is 9.06. The maximum Gasteiger partial charge on any atom is 0.160 e. The third-order valence-corrected chi connectivity index (χ3v) is 2.87. The van der Waals surface area contributed by atoms with E-state index in [2.05, 4.69) is 4.99 Å². The van der Waals surface area contributed by atoms with Crippen molar-refractivity contribution >= 4 is 6.34 Å². The molecule has 1 saturated heterocycles. The summed E-state index contributed by atoms with van der Waals surface area (Å²) in [7, 11) is 0. The van der Waals surface area contributed by atoms with E-state index in [0.29, 0.717) is 6.54 Å². The highest BCUT2D eigenvalue weighted by atomic mass is 19.1. The summed E-state index contributed by atoms with van der Waals surface area (Å²) in [5, 5.41) is 28.1. The Morgan fingerprint density at radius 1 is 1.41 bits per heavy atom. The van der Waals surface area contributed by atoms with Crippen LogP contribution in [0.3, 0.4) is 0 Å². The lowest BCUT2D eigenvalue weighted by Gasteiger charge is -2.43. The van der Waals surface area contributed by atoms with Gasteiger partial charge in [-0.25, -0.2) is 9.38 Å². The number of ether oxygens (including phenoxy) is 1. The third-order valence-electron chi connectivity index (χ3n) is 2.87. The summed E-state index contributed by atoms with van der Waals surface area (Å²) in [4.78, 5) is 5.35. The summed E-state index contributed by atoms with van der Waals surface area (Å²) < 4.78 is 18.9. The largest absolute Gasteiger partial charge is 0.394 e. The lowest BCUT2D eigenvalue weighted by Crippen LogP contribution is -2.61. The highest BCUT2D eigenvalue weighted by Gasteiger charge is 2.46. The van der Waals surface area contributed by atoms with E-state index in [1.54, 1.807) is 12.3 Å². The molecule has 0 aromatic heterocycles. The molecule has 3 N–H and O–H groups in total. The standard InChI is InChI=1S/C10H15FN2O4/c11-7-8(15)6(4-14)17-10(9(7)16)13-3-1-2-12-5-13/h1-2,5-10,14-16H,3-4H2/t6-,7+,8-,9-,10-/m1/s1. The first-order chi connectivity index (χ1) is 8.15. The average molecular weight is 246 g/mol. The van der Waals surface area contributed by atoms with Gasteiger partial charge in [0.15, 0.2) is 12.4 Å². The molecule has 96 valence electrons. The van der Waals surface area contributed by atoms with Gasteiger partial charge in [-0.2, -0.15) is 0 Å². The van der Waals surface area contributed by atoms with Gasteiger partial charge in [0.25, 0.3) is 0 Å². The van der Waals surface area contributed by atoms with Gasteiger partial charge in [-0.15, -0.1) is 0 Å². The van der Waals surface area contributed by atoms with Crippen LogP contribution in [-0.4, -0.2) is 70.4 Å². The molecule has 0 radical (unpaired) electrons. The molecule has 6 nitrogen and oxygen atoms in total. The van der Waals surface area contributed by atoms with Gasteiger partial charge in [-0.1, -0.05) is 0 Å². The van der Waals surface area contributed by atoms with Gasteiger partial charge in [0, 0.05) is 12.7 Å². The number of halogens is 1. The van der Waals surface area contributed by atoms with Gasteiger partial charge in [0.2, 0.25) is 0 Å². The summed E-state index contributed by atoms with van der Waals surface area (Å²) in [6, 6.07) is 0. The number of hydrogen-bond acceptors (Lipinski definition) is 6. The molecule has 0 amide bonds. The van der Waals surface area contributed by atoms with Crippen LogP contribution in [0.4, 0.5) is 4.39 Å². The first-order valence-electron chi connectivity index (χ1n) is 5.35. The Labute approximate surface area is 97.6 Å². The maximum absolute atomic E-state index is 13.6. The quantitative estimate of drug-likeness (QED) is 0.559. The molecule has 2 heterocycles. The lowest BCUT2D eigenvalue weighted by atomic mass is 9.99.